The lowest BCUT2D eigenvalue weighted by atomic mass is 9.85. The van der Waals surface area contributed by atoms with Crippen molar-refractivity contribution in [1.29, 1.82) is 5.26 Å². The number of pyridine rings is 2. The molecule has 0 fully saturated rings. The van der Waals surface area contributed by atoms with Gasteiger partial charge in [0.25, 0.3) is 5.82 Å². The number of fused-ring (bicyclic) bond motifs is 5. The first kappa shape index (κ1) is 28.2. The van der Waals surface area contributed by atoms with Crippen molar-refractivity contribution in [1.82, 2.24) is 9.97 Å². The predicted octanol–water partition coefficient (Wildman–Crippen LogP) is 11.8. The lowest BCUT2D eigenvalue weighted by Crippen LogP contribution is -1.91. The normalized spacial score (nSPS) is 11.2. The number of benzene rings is 6. The van der Waals surface area contributed by atoms with Gasteiger partial charge in [-0.1, -0.05) is 97.6 Å². The van der Waals surface area contributed by atoms with Gasteiger partial charge >= 0.3 is 0 Å². The van der Waals surface area contributed by atoms with Crippen molar-refractivity contribution in [3.63, 3.8) is 0 Å². The monoisotopic (exact) mass is 624 g/mol. The molecule has 3 heterocycles. The summed E-state index contributed by atoms with van der Waals surface area (Å²) in [7, 11) is 0. The third kappa shape index (κ3) is 4.69. The molecule has 0 radical (unpaired) electrons. The lowest BCUT2D eigenvalue weighted by molar-refractivity contribution is 0.669. The van der Waals surface area contributed by atoms with Crippen molar-refractivity contribution in [3.05, 3.63) is 163 Å². The van der Waals surface area contributed by atoms with Crippen LogP contribution in [0, 0.1) is 17.9 Å². The van der Waals surface area contributed by atoms with Gasteiger partial charge in [0.05, 0.1) is 0 Å². The summed E-state index contributed by atoms with van der Waals surface area (Å²) in [5, 5.41) is 16.1. The third-order valence-electron chi connectivity index (χ3n) is 9.27. The first-order valence-corrected chi connectivity index (χ1v) is 15.9. The first-order chi connectivity index (χ1) is 24.2. The molecule has 6 aromatic carbocycles. The fraction of sp³-hybridized carbons (Fsp3) is 0. The molecule has 0 unspecified atom stereocenters. The maximum Gasteiger partial charge on any atom is 0.270 e. The van der Waals surface area contributed by atoms with Crippen molar-refractivity contribution >= 4 is 49.3 Å². The molecule has 0 aliphatic heterocycles. The Morgan fingerprint density at radius 2 is 1.04 bits per heavy atom. The van der Waals surface area contributed by atoms with Gasteiger partial charge in [0.15, 0.2) is 0 Å². The maximum atomic E-state index is 9.38. The first-order valence-electron chi connectivity index (χ1n) is 15.9. The summed E-state index contributed by atoms with van der Waals surface area (Å²) < 4.78 is 6.43. The number of rotatable bonds is 4. The molecule has 0 atom stereocenters. The number of para-hydroxylation sites is 1. The molecule has 0 saturated heterocycles. The minimum Gasteiger partial charge on any atom is -0.456 e. The number of aromatic nitrogens is 2. The molecule has 0 bridgehead atoms. The Morgan fingerprint density at radius 3 is 1.67 bits per heavy atom. The van der Waals surface area contributed by atoms with Crippen LogP contribution < -0.4 is 0 Å². The van der Waals surface area contributed by atoms with Gasteiger partial charge in [-0.15, -0.1) is 4.98 Å². The summed E-state index contributed by atoms with van der Waals surface area (Å²) in [6.45, 7) is 7.39. The van der Waals surface area contributed by atoms with Gasteiger partial charge in [0.2, 0.25) is 0 Å². The number of hydrogen-bond donors (Lipinski definition) is 0. The number of furan rings is 1. The summed E-state index contributed by atoms with van der Waals surface area (Å²) in [6, 6.07) is 48.0. The highest BCUT2D eigenvalue weighted by molar-refractivity contribution is 6.25. The molecule has 0 aliphatic carbocycles. The molecular formula is C44H24N4O. The van der Waals surface area contributed by atoms with E-state index in [4.69, 9.17) is 11.0 Å². The van der Waals surface area contributed by atoms with E-state index >= 15 is 0 Å². The highest BCUT2D eigenvalue weighted by atomic mass is 16.3. The molecule has 9 rings (SSSR count). The van der Waals surface area contributed by atoms with Gasteiger partial charge in [-0.25, -0.2) is 4.98 Å². The molecule has 9 aromatic rings. The van der Waals surface area contributed by atoms with E-state index in [0.29, 0.717) is 11.5 Å². The summed E-state index contributed by atoms with van der Waals surface area (Å²) in [6.07, 6.45) is 3.36. The van der Waals surface area contributed by atoms with Crippen molar-refractivity contribution in [2.75, 3.05) is 0 Å². The third-order valence-corrected chi connectivity index (χ3v) is 9.27. The van der Waals surface area contributed by atoms with Crippen LogP contribution in [-0.2, 0) is 0 Å². The smallest absolute Gasteiger partial charge is 0.270 e. The maximum absolute atomic E-state index is 9.38. The van der Waals surface area contributed by atoms with Gasteiger partial charge in [-0.05, 0) is 109 Å². The van der Waals surface area contributed by atoms with Crippen LogP contribution in [-0.4, -0.2) is 9.97 Å². The average molecular weight is 625 g/mol. The van der Waals surface area contributed by atoms with E-state index in [1.807, 2.05) is 36.4 Å². The second kappa shape index (κ2) is 11.3. The molecular weight excluding hydrogens is 601 g/mol. The minimum absolute atomic E-state index is 0.381. The lowest BCUT2D eigenvalue weighted by Gasteiger charge is -2.18. The topological polar surface area (TPSA) is 67.1 Å². The van der Waals surface area contributed by atoms with E-state index in [2.05, 4.69) is 118 Å². The van der Waals surface area contributed by atoms with Crippen LogP contribution in [0.5, 0.6) is 0 Å². The SMILES string of the molecule is [C-]#[N+]c1cc(-c2ccc(-c3c4ccccc4c(-c4ccc(-c5ccnc(C#N)c5)cc4)c4cc5oc6ccccc6c5cc34)cc2)ccn1. The van der Waals surface area contributed by atoms with E-state index in [-0.39, 0.29) is 0 Å². The van der Waals surface area contributed by atoms with Gasteiger partial charge < -0.3 is 9.26 Å². The molecule has 5 heteroatoms. The molecule has 0 aliphatic rings. The quantitative estimate of drug-likeness (QED) is 0.144. The standard InChI is InChI=1S/C44H24N4O/c1-46-42-23-32(19-21-48-42)28-12-16-29(17-13-28)43-35-7-2-3-8-36(35)44(30-14-10-27(11-15-30)31-18-20-47-33(22-31)26-45)39-25-41-37(24-38(39)43)34-6-4-5-9-40(34)49-41/h2-25H. The Morgan fingerprint density at radius 1 is 0.490 bits per heavy atom. The van der Waals surface area contributed by atoms with Gasteiger partial charge in [-0.2, -0.15) is 5.26 Å². The summed E-state index contributed by atoms with van der Waals surface area (Å²) in [5.74, 6) is 0.381. The van der Waals surface area contributed by atoms with Crippen LogP contribution in [0.2, 0.25) is 0 Å². The molecule has 0 spiro atoms. The van der Waals surface area contributed by atoms with E-state index in [1.54, 1.807) is 12.4 Å². The molecule has 226 valence electrons. The zero-order chi connectivity index (χ0) is 32.9. The van der Waals surface area contributed by atoms with Crippen LogP contribution in [0.25, 0.3) is 92.8 Å². The molecule has 0 saturated carbocycles. The van der Waals surface area contributed by atoms with Crippen LogP contribution in [0.15, 0.2) is 150 Å². The Bertz CT molecular complexity index is 2840. The van der Waals surface area contributed by atoms with Gasteiger partial charge in [0.1, 0.15) is 29.1 Å². The number of hydrogen-bond acceptors (Lipinski definition) is 4. The van der Waals surface area contributed by atoms with Crippen molar-refractivity contribution in [3.8, 4) is 50.6 Å². The number of nitrogens with zero attached hydrogens (tertiary/aromatic N) is 4. The molecule has 0 N–H and O–H groups in total. The highest BCUT2D eigenvalue weighted by Gasteiger charge is 2.20. The van der Waals surface area contributed by atoms with Crippen molar-refractivity contribution < 1.29 is 4.42 Å². The highest BCUT2D eigenvalue weighted by Crippen LogP contribution is 2.46. The average Bonchev–Trinajstić information content (AvgIpc) is 3.54. The van der Waals surface area contributed by atoms with Crippen LogP contribution in [0.4, 0.5) is 5.82 Å². The van der Waals surface area contributed by atoms with Crippen LogP contribution in [0.3, 0.4) is 0 Å². The van der Waals surface area contributed by atoms with Crippen LogP contribution in [0.1, 0.15) is 5.69 Å². The fourth-order valence-electron chi connectivity index (χ4n) is 7.01. The number of nitriles is 1. The Labute approximate surface area is 281 Å². The van der Waals surface area contributed by atoms with Crippen molar-refractivity contribution in [2.24, 2.45) is 0 Å². The molecule has 0 amide bonds. The summed E-state index contributed by atoms with van der Waals surface area (Å²) in [5.41, 5.74) is 10.5. The van der Waals surface area contributed by atoms with E-state index in [1.165, 1.54) is 0 Å². The van der Waals surface area contributed by atoms with Gasteiger partial charge in [-0.3, -0.25) is 0 Å². The molecule has 49 heavy (non-hydrogen) atoms. The summed E-state index contributed by atoms with van der Waals surface area (Å²) >= 11 is 0. The van der Waals surface area contributed by atoms with Gasteiger partial charge in [0, 0.05) is 17.0 Å². The molecule has 5 nitrogen and oxygen atoms in total. The zero-order valence-corrected chi connectivity index (χ0v) is 26.1. The second-order valence-electron chi connectivity index (χ2n) is 12.0. The molecule has 3 aromatic heterocycles. The summed E-state index contributed by atoms with van der Waals surface area (Å²) in [4.78, 5) is 11.8. The Balaban J connectivity index is 1.31. The van der Waals surface area contributed by atoms with E-state index < -0.39 is 0 Å². The zero-order valence-electron chi connectivity index (χ0n) is 26.1. The van der Waals surface area contributed by atoms with Crippen molar-refractivity contribution in [2.45, 2.75) is 0 Å². The van der Waals surface area contributed by atoms with E-state index in [0.717, 1.165) is 88.0 Å². The fourth-order valence-corrected chi connectivity index (χ4v) is 7.01. The largest absolute Gasteiger partial charge is 0.456 e. The minimum atomic E-state index is 0.381. The van der Waals surface area contributed by atoms with Crippen LogP contribution >= 0.6 is 0 Å². The Hall–Kier alpha value is -7.08. The predicted molar refractivity (Wildman–Crippen MR) is 197 cm³/mol. The second-order valence-corrected chi connectivity index (χ2v) is 12.0. The van der Waals surface area contributed by atoms with E-state index in [9.17, 15) is 5.26 Å². The Kier molecular flexibility index (Phi) is 6.50.